The van der Waals surface area contributed by atoms with Gasteiger partial charge in [0.1, 0.15) is 5.82 Å². The second kappa shape index (κ2) is 5.87. The van der Waals surface area contributed by atoms with Gasteiger partial charge < -0.3 is 0 Å². The summed E-state index contributed by atoms with van der Waals surface area (Å²) in [6, 6.07) is 0. The molecule has 1 amide bonds. The molecule has 118 valence electrons. The highest BCUT2D eigenvalue weighted by Crippen LogP contribution is 2.26. The molecule has 0 spiro atoms. The number of hydrogen-bond donors (Lipinski definition) is 2. The van der Waals surface area contributed by atoms with Gasteiger partial charge in [0.15, 0.2) is 5.69 Å². The fourth-order valence-electron chi connectivity index (χ4n) is 1.42. The zero-order valence-electron chi connectivity index (χ0n) is 11.4. The number of aromatic nitrogens is 5. The molecular weight excluding hydrogens is 325 g/mol. The van der Waals surface area contributed by atoms with E-state index in [2.05, 4.69) is 25.4 Å². The van der Waals surface area contributed by atoms with Gasteiger partial charge >= 0.3 is 6.18 Å². The summed E-state index contributed by atoms with van der Waals surface area (Å²) >= 11 is 5.83. The van der Waals surface area contributed by atoms with E-state index in [-0.39, 0.29) is 16.6 Å². The van der Waals surface area contributed by atoms with Crippen molar-refractivity contribution in [2.24, 2.45) is 0 Å². The first-order valence-electron chi connectivity index (χ1n) is 6.02. The van der Waals surface area contributed by atoms with Crippen LogP contribution in [-0.4, -0.2) is 31.1 Å². The zero-order valence-corrected chi connectivity index (χ0v) is 12.1. The average molecular weight is 335 g/mol. The van der Waals surface area contributed by atoms with Gasteiger partial charge in [-0.3, -0.25) is 15.2 Å². The molecule has 0 fully saturated rings. The number of alkyl halides is 3. The van der Waals surface area contributed by atoms with Crippen LogP contribution in [0.25, 0.3) is 0 Å². The Kier molecular flexibility index (Phi) is 4.31. The number of carbonyl (C=O) groups is 1. The highest BCUT2D eigenvalue weighted by Gasteiger charge is 2.35. The number of nitrogens with one attached hydrogen (secondary N) is 2. The number of anilines is 1. The molecule has 2 N–H and O–H groups in total. The van der Waals surface area contributed by atoms with Crippen LogP contribution in [0.2, 0.25) is 5.02 Å². The first-order valence-corrected chi connectivity index (χ1v) is 6.39. The Balaban J connectivity index is 2.22. The summed E-state index contributed by atoms with van der Waals surface area (Å²) in [5.41, 5.74) is -0.168. The van der Waals surface area contributed by atoms with Crippen LogP contribution in [0.3, 0.4) is 0 Å². The summed E-state index contributed by atoms with van der Waals surface area (Å²) in [6.07, 6.45) is -3.44. The molecule has 0 radical (unpaired) electrons. The number of rotatable bonds is 3. The molecule has 22 heavy (non-hydrogen) atoms. The van der Waals surface area contributed by atoms with Gasteiger partial charge in [-0.1, -0.05) is 25.4 Å². The molecule has 0 atom stereocenters. The number of carbonyl (C=O) groups excluding carboxylic acids is 1. The molecule has 2 rings (SSSR count). The van der Waals surface area contributed by atoms with Crippen LogP contribution in [0, 0.1) is 0 Å². The van der Waals surface area contributed by atoms with Crippen molar-refractivity contribution in [2.45, 2.75) is 25.9 Å². The van der Waals surface area contributed by atoms with E-state index in [1.807, 2.05) is 13.8 Å². The second-order valence-electron chi connectivity index (χ2n) is 4.54. The number of hydrogen-bond acceptors (Lipinski definition) is 5. The van der Waals surface area contributed by atoms with E-state index in [1.54, 1.807) is 5.10 Å². The van der Waals surface area contributed by atoms with Crippen LogP contribution in [0.5, 0.6) is 0 Å². The van der Waals surface area contributed by atoms with E-state index in [1.165, 1.54) is 6.20 Å². The van der Waals surface area contributed by atoms with Crippen LogP contribution in [-0.2, 0) is 6.18 Å². The zero-order chi connectivity index (χ0) is 16.5. The van der Waals surface area contributed by atoms with Gasteiger partial charge in [-0.15, -0.1) is 5.10 Å². The molecule has 0 aliphatic rings. The van der Waals surface area contributed by atoms with Crippen molar-refractivity contribution >= 4 is 23.5 Å². The Morgan fingerprint density at radius 1 is 1.36 bits per heavy atom. The van der Waals surface area contributed by atoms with Crippen molar-refractivity contribution in [1.29, 1.82) is 0 Å². The largest absolute Gasteiger partial charge is 0.451 e. The summed E-state index contributed by atoms with van der Waals surface area (Å²) in [4.78, 5) is 23.1. The minimum absolute atomic E-state index is 0.0338. The van der Waals surface area contributed by atoms with Gasteiger partial charge in [0, 0.05) is 5.92 Å². The average Bonchev–Trinajstić information content (AvgIpc) is 2.87. The Bertz CT molecular complexity index is 699. The van der Waals surface area contributed by atoms with E-state index in [4.69, 9.17) is 11.6 Å². The number of aromatic amines is 1. The minimum atomic E-state index is -4.69. The standard InChI is InChI=1S/C11H10ClF3N6O/c1-4(2)7-16-3-5(12)6(17-7)8(22)18-10-19-9(20-21-10)11(13,14)15/h3-4H,1-2H3,(H2,18,19,20,21,22). The molecule has 2 aromatic rings. The molecule has 2 heterocycles. The number of halogens is 4. The first kappa shape index (κ1) is 16.1. The monoisotopic (exact) mass is 334 g/mol. The van der Waals surface area contributed by atoms with Crippen LogP contribution in [0.15, 0.2) is 6.20 Å². The number of amides is 1. The summed E-state index contributed by atoms with van der Waals surface area (Å²) in [5, 5.41) is 7.00. The molecule has 0 saturated carbocycles. The number of H-pyrrole nitrogens is 1. The van der Waals surface area contributed by atoms with Crippen molar-refractivity contribution in [3.8, 4) is 0 Å². The van der Waals surface area contributed by atoms with Gasteiger partial charge in [-0.2, -0.15) is 18.2 Å². The lowest BCUT2D eigenvalue weighted by atomic mass is 10.2. The Morgan fingerprint density at radius 3 is 2.59 bits per heavy atom. The van der Waals surface area contributed by atoms with Gasteiger partial charge in [-0.05, 0) is 0 Å². The van der Waals surface area contributed by atoms with E-state index >= 15 is 0 Å². The summed E-state index contributed by atoms with van der Waals surface area (Å²) in [5.74, 6) is -2.36. The lowest BCUT2D eigenvalue weighted by Crippen LogP contribution is -2.17. The fourth-order valence-corrected chi connectivity index (χ4v) is 1.60. The van der Waals surface area contributed by atoms with Gasteiger partial charge in [-0.25, -0.2) is 9.97 Å². The first-order chi connectivity index (χ1) is 10.2. The quantitative estimate of drug-likeness (QED) is 0.899. The van der Waals surface area contributed by atoms with Gasteiger partial charge in [0.2, 0.25) is 11.8 Å². The Hall–Kier alpha value is -2.23. The van der Waals surface area contributed by atoms with Crippen molar-refractivity contribution in [3.05, 3.63) is 28.6 Å². The summed E-state index contributed by atoms with van der Waals surface area (Å²) in [7, 11) is 0. The van der Waals surface area contributed by atoms with E-state index in [9.17, 15) is 18.0 Å². The fraction of sp³-hybridized carbons (Fsp3) is 0.364. The second-order valence-corrected chi connectivity index (χ2v) is 4.95. The molecule has 0 aliphatic heterocycles. The highest BCUT2D eigenvalue weighted by molar-refractivity contribution is 6.33. The maximum atomic E-state index is 12.4. The highest BCUT2D eigenvalue weighted by atomic mass is 35.5. The maximum Gasteiger partial charge on any atom is 0.451 e. The van der Waals surface area contributed by atoms with Crippen LogP contribution < -0.4 is 5.32 Å². The normalized spacial score (nSPS) is 11.8. The molecule has 0 saturated heterocycles. The molecular formula is C11H10ClF3N6O. The Labute approximate surface area is 127 Å². The lowest BCUT2D eigenvalue weighted by Gasteiger charge is -2.07. The van der Waals surface area contributed by atoms with E-state index in [0.717, 1.165) is 0 Å². The van der Waals surface area contributed by atoms with E-state index < -0.39 is 23.9 Å². The summed E-state index contributed by atoms with van der Waals surface area (Å²) in [6.45, 7) is 3.63. The third-order valence-corrected chi connectivity index (χ3v) is 2.75. The van der Waals surface area contributed by atoms with Crippen molar-refractivity contribution in [2.75, 3.05) is 5.32 Å². The topological polar surface area (TPSA) is 96.5 Å². The van der Waals surface area contributed by atoms with Crippen molar-refractivity contribution in [1.82, 2.24) is 25.1 Å². The van der Waals surface area contributed by atoms with Crippen LogP contribution >= 0.6 is 11.6 Å². The molecule has 0 aliphatic carbocycles. The smallest absolute Gasteiger partial charge is 0.288 e. The molecule has 7 nitrogen and oxygen atoms in total. The SMILES string of the molecule is CC(C)c1ncc(Cl)c(C(=O)Nc2n[nH]c(C(F)(F)F)n2)n1. The third kappa shape index (κ3) is 3.50. The predicted octanol–water partition coefficient (Wildman–Crippen LogP) is 2.64. The molecule has 11 heteroatoms. The molecule has 0 aromatic carbocycles. The van der Waals surface area contributed by atoms with Crippen LogP contribution in [0.4, 0.5) is 19.1 Å². The lowest BCUT2D eigenvalue weighted by molar-refractivity contribution is -0.144. The summed E-state index contributed by atoms with van der Waals surface area (Å²) < 4.78 is 37.1. The minimum Gasteiger partial charge on any atom is -0.288 e. The van der Waals surface area contributed by atoms with Crippen molar-refractivity contribution in [3.63, 3.8) is 0 Å². The Morgan fingerprint density at radius 2 is 2.05 bits per heavy atom. The van der Waals surface area contributed by atoms with Gasteiger partial charge in [0.05, 0.1) is 11.2 Å². The third-order valence-electron chi connectivity index (χ3n) is 2.47. The predicted molar refractivity (Wildman–Crippen MR) is 70.5 cm³/mol. The van der Waals surface area contributed by atoms with Gasteiger partial charge in [0.25, 0.3) is 5.91 Å². The molecule has 0 unspecified atom stereocenters. The maximum absolute atomic E-state index is 12.4. The van der Waals surface area contributed by atoms with Crippen molar-refractivity contribution < 1.29 is 18.0 Å². The van der Waals surface area contributed by atoms with Crippen LogP contribution in [0.1, 0.15) is 41.9 Å². The molecule has 0 bridgehead atoms. The number of nitrogens with zero attached hydrogens (tertiary/aromatic N) is 4. The molecule has 2 aromatic heterocycles. The van der Waals surface area contributed by atoms with E-state index in [0.29, 0.717) is 5.82 Å².